The highest BCUT2D eigenvalue weighted by Gasteiger charge is 2.24. The highest BCUT2D eigenvalue weighted by atomic mass is 16.3. The highest BCUT2D eigenvalue weighted by Crippen LogP contribution is 2.33. The van der Waals surface area contributed by atoms with E-state index in [0.29, 0.717) is 11.5 Å². The zero-order valence-corrected chi connectivity index (χ0v) is 23.2. The van der Waals surface area contributed by atoms with E-state index in [4.69, 9.17) is 9.98 Å². The predicted octanol–water partition coefficient (Wildman–Crippen LogP) is 8.10. The molecule has 4 heteroatoms. The Morgan fingerprint density at radius 3 is 1.44 bits per heavy atom. The van der Waals surface area contributed by atoms with Crippen molar-refractivity contribution in [3.05, 3.63) is 57.6 Å². The van der Waals surface area contributed by atoms with Crippen LogP contribution in [0.25, 0.3) is 0 Å². The first-order valence-corrected chi connectivity index (χ1v) is 14.0. The van der Waals surface area contributed by atoms with Gasteiger partial charge in [0, 0.05) is 23.6 Å². The molecular weight excluding hydrogens is 444 g/mol. The SMILES string of the molecule is CCCc1cc(C=NC2CCCCC2N=Cc2cc(CCC)cc(C(C)C)c2O)c(O)c(C(C)C)c1. The van der Waals surface area contributed by atoms with Crippen LogP contribution >= 0.6 is 0 Å². The topological polar surface area (TPSA) is 65.2 Å². The van der Waals surface area contributed by atoms with Gasteiger partial charge in [-0.05, 0) is 71.9 Å². The number of aryl methyl sites for hydroxylation is 2. The second-order valence-electron chi connectivity index (χ2n) is 11.0. The molecule has 1 saturated carbocycles. The van der Waals surface area contributed by atoms with Crippen molar-refractivity contribution in [3.8, 4) is 11.5 Å². The van der Waals surface area contributed by atoms with Crippen molar-refractivity contribution in [3.63, 3.8) is 0 Å². The van der Waals surface area contributed by atoms with Crippen LogP contribution in [0.5, 0.6) is 11.5 Å². The summed E-state index contributed by atoms with van der Waals surface area (Å²) in [6, 6.07) is 8.60. The lowest BCUT2D eigenvalue weighted by molar-refractivity contribution is 0.390. The molecule has 2 N–H and O–H groups in total. The zero-order chi connectivity index (χ0) is 26.2. The summed E-state index contributed by atoms with van der Waals surface area (Å²) in [5, 5.41) is 21.8. The largest absolute Gasteiger partial charge is 0.507 e. The van der Waals surface area contributed by atoms with Crippen molar-refractivity contribution in [2.75, 3.05) is 0 Å². The second kappa shape index (κ2) is 13.1. The van der Waals surface area contributed by atoms with Crippen LogP contribution in [0.15, 0.2) is 34.3 Å². The lowest BCUT2D eigenvalue weighted by Crippen LogP contribution is -2.27. The lowest BCUT2D eigenvalue weighted by Gasteiger charge is -2.25. The van der Waals surface area contributed by atoms with Gasteiger partial charge in [0.15, 0.2) is 0 Å². The number of aliphatic imine (C=N–C) groups is 2. The smallest absolute Gasteiger partial charge is 0.127 e. The molecule has 1 aliphatic rings. The fourth-order valence-electron chi connectivity index (χ4n) is 5.22. The summed E-state index contributed by atoms with van der Waals surface area (Å²) in [4.78, 5) is 9.93. The average molecular weight is 491 g/mol. The first-order valence-electron chi connectivity index (χ1n) is 14.0. The Morgan fingerprint density at radius 1 is 0.722 bits per heavy atom. The minimum atomic E-state index is 0.0808. The molecule has 2 atom stereocenters. The zero-order valence-electron chi connectivity index (χ0n) is 23.2. The number of hydrogen-bond donors (Lipinski definition) is 2. The molecule has 2 aromatic carbocycles. The Balaban J connectivity index is 1.88. The van der Waals surface area contributed by atoms with E-state index in [1.807, 2.05) is 12.4 Å². The van der Waals surface area contributed by atoms with Crippen molar-refractivity contribution in [2.45, 2.75) is 117 Å². The summed E-state index contributed by atoms with van der Waals surface area (Å²) in [6.07, 6.45) is 12.1. The maximum atomic E-state index is 10.9. The molecule has 0 amide bonds. The van der Waals surface area contributed by atoms with E-state index in [2.05, 4.69) is 65.8 Å². The van der Waals surface area contributed by atoms with E-state index in [9.17, 15) is 10.2 Å². The van der Waals surface area contributed by atoms with E-state index in [1.54, 1.807) is 0 Å². The van der Waals surface area contributed by atoms with E-state index in [1.165, 1.54) is 11.1 Å². The van der Waals surface area contributed by atoms with Gasteiger partial charge in [0.2, 0.25) is 0 Å². The summed E-state index contributed by atoms with van der Waals surface area (Å²) in [5.74, 6) is 1.22. The minimum absolute atomic E-state index is 0.0808. The van der Waals surface area contributed by atoms with Gasteiger partial charge in [0.05, 0.1) is 12.1 Å². The molecule has 36 heavy (non-hydrogen) atoms. The predicted molar refractivity (Wildman–Crippen MR) is 154 cm³/mol. The first kappa shape index (κ1) is 28.0. The third-order valence-electron chi connectivity index (χ3n) is 7.28. The fraction of sp³-hybridized carbons (Fsp3) is 0.562. The van der Waals surface area contributed by atoms with Gasteiger partial charge in [-0.25, -0.2) is 0 Å². The number of aromatic hydroxyl groups is 2. The highest BCUT2D eigenvalue weighted by molar-refractivity contribution is 5.86. The standard InChI is InChI=1S/C32H46N2O2/c1-7-11-23-15-25(31(35)27(17-23)21(3)4)19-33-29-13-9-10-14-30(29)34-20-26-16-24(12-8-2)18-28(22(5)6)32(26)36/h15-22,29-30,35-36H,7-14H2,1-6H3. The van der Waals surface area contributed by atoms with Gasteiger partial charge in [-0.15, -0.1) is 0 Å². The summed E-state index contributed by atoms with van der Waals surface area (Å²) in [7, 11) is 0. The van der Waals surface area contributed by atoms with Gasteiger partial charge in [0.25, 0.3) is 0 Å². The summed E-state index contributed by atoms with van der Waals surface area (Å²) < 4.78 is 0. The molecule has 0 saturated heterocycles. The molecule has 0 aromatic heterocycles. The molecule has 1 fully saturated rings. The monoisotopic (exact) mass is 490 g/mol. The van der Waals surface area contributed by atoms with Gasteiger partial charge in [-0.2, -0.15) is 0 Å². The van der Waals surface area contributed by atoms with Crippen molar-refractivity contribution >= 4 is 12.4 Å². The van der Waals surface area contributed by atoms with E-state index in [0.717, 1.165) is 73.6 Å². The second-order valence-corrected chi connectivity index (χ2v) is 11.0. The van der Waals surface area contributed by atoms with Gasteiger partial charge in [-0.3, -0.25) is 9.98 Å². The Hall–Kier alpha value is -2.62. The van der Waals surface area contributed by atoms with E-state index >= 15 is 0 Å². The third-order valence-corrected chi connectivity index (χ3v) is 7.28. The Labute approximate surface area is 218 Å². The molecule has 3 rings (SSSR count). The van der Waals surface area contributed by atoms with Crippen LogP contribution in [0.2, 0.25) is 0 Å². The number of phenolic OH excluding ortho intramolecular Hbond substituents is 2. The molecule has 196 valence electrons. The lowest BCUT2D eigenvalue weighted by atomic mass is 9.90. The summed E-state index contributed by atoms with van der Waals surface area (Å²) in [6.45, 7) is 12.8. The van der Waals surface area contributed by atoms with Crippen LogP contribution in [0, 0.1) is 0 Å². The number of nitrogens with zero attached hydrogens (tertiary/aromatic N) is 2. The fourth-order valence-corrected chi connectivity index (χ4v) is 5.22. The molecule has 0 heterocycles. The van der Waals surface area contributed by atoms with Crippen LogP contribution < -0.4 is 0 Å². The molecule has 0 radical (unpaired) electrons. The quantitative estimate of drug-likeness (QED) is 0.330. The molecule has 0 bridgehead atoms. The summed E-state index contributed by atoms with van der Waals surface area (Å²) >= 11 is 0. The molecular formula is C32H46N2O2. The molecule has 4 nitrogen and oxygen atoms in total. The Bertz CT molecular complexity index is 983. The van der Waals surface area contributed by atoms with Gasteiger partial charge in [0.1, 0.15) is 11.5 Å². The summed E-state index contributed by atoms with van der Waals surface area (Å²) in [5.41, 5.74) is 6.10. The van der Waals surface area contributed by atoms with Crippen LogP contribution in [0.3, 0.4) is 0 Å². The number of rotatable bonds is 10. The van der Waals surface area contributed by atoms with Crippen molar-refractivity contribution in [2.24, 2.45) is 9.98 Å². The Morgan fingerprint density at radius 2 is 1.11 bits per heavy atom. The first-order chi connectivity index (χ1) is 17.2. The number of benzene rings is 2. The maximum Gasteiger partial charge on any atom is 0.127 e. The van der Waals surface area contributed by atoms with E-state index in [-0.39, 0.29) is 23.9 Å². The van der Waals surface area contributed by atoms with Crippen molar-refractivity contribution in [1.82, 2.24) is 0 Å². The average Bonchev–Trinajstić information content (AvgIpc) is 2.84. The minimum Gasteiger partial charge on any atom is -0.507 e. The van der Waals surface area contributed by atoms with Gasteiger partial charge >= 0.3 is 0 Å². The molecule has 2 aromatic rings. The van der Waals surface area contributed by atoms with Crippen LogP contribution in [0.4, 0.5) is 0 Å². The van der Waals surface area contributed by atoms with Gasteiger partial charge < -0.3 is 10.2 Å². The molecule has 0 aliphatic heterocycles. The molecule has 2 unspecified atom stereocenters. The van der Waals surface area contributed by atoms with Crippen LogP contribution in [0.1, 0.15) is 125 Å². The Kier molecular flexibility index (Phi) is 10.2. The van der Waals surface area contributed by atoms with Crippen molar-refractivity contribution < 1.29 is 10.2 Å². The maximum absolute atomic E-state index is 10.9. The van der Waals surface area contributed by atoms with E-state index < -0.39 is 0 Å². The third kappa shape index (κ3) is 6.99. The van der Waals surface area contributed by atoms with Crippen molar-refractivity contribution in [1.29, 1.82) is 0 Å². The van der Waals surface area contributed by atoms with Crippen LogP contribution in [-0.4, -0.2) is 34.7 Å². The van der Waals surface area contributed by atoms with Crippen LogP contribution in [-0.2, 0) is 12.8 Å². The molecule has 1 aliphatic carbocycles. The van der Waals surface area contributed by atoms with Gasteiger partial charge in [-0.1, -0.05) is 79.4 Å². The number of hydrogen-bond acceptors (Lipinski definition) is 4. The molecule has 0 spiro atoms. The normalized spacial score (nSPS) is 18.8. The number of phenols is 2.